The van der Waals surface area contributed by atoms with Crippen LogP contribution in [0, 0.1) is 0 Å². The zero-order chi connectivity index (χ0) is 12.2. The van der Waals surface area contributed by atoms with Gasteiger partial charge in [-0.3, -0.25) is 0 Å². The number of hydrogen-bond donors (Lipinski definition) is 1. The smallest absolute Gasteiger partial charge is 0.422 e. The number of alkyl halides is 3. The zero-order valence-electron chi connectivity index (χ0n) is 8.41. The van der Waals surface area contributed by atoms with Crippen molar-refractivity contribution in [3.05, 3.63) is 18.2 Å². The lowest BCUT2D eigenvalue weighted by Crippen LogP contribution is -2.29. The molecule has 0 fully saturated rings. The van der Waals surface area contributed by atoms with E-state index in [2.05, 4.69) is 15.0 Å². The maximum atomic E-state index is 11.7. The van der Waals surface area contributed by atoms with Gasteiger partial charge >= 0.3 is 12.3 Å². The van der Waals surface area contributed by atoms with Crippen LogP contribution in [0.25, 0.3) is 0 Å². The number of halogens is 3. The van der Waals surface area contributed by atoms with Gasteiger partial charge in [0.1, 0.15) is 5.82 Å². The van der Waals surface area contributed by atoms with Gasteiger partial charge in [-0.05, 0) is 0 Å². The number of carbonyl (C=O) groups is 1. The summed E-state index contributed by atoms with van der Waals surface area (Å²) in [5.74, 6) is 0.518. The Labute approximate surface area is 89.2 Å². The minimum Gasteiger partial charge on any atom is -0.440 e. The molecule has 8 heteroatoms. The van der Waals surface area contributed by atoms with E-state index in [1.54, 1.807) is 17.8 Å². The summed E-state index contributed by atoms with van der Waals surface area (Å²) in [4.78, 5) is 14.7. The van der Waals surface area contributed by atoms with Gasteiger partial charge < -0.3 is 14.6 Å². The predicted octanol–water partition coefficient (Wildman–Crippen LogP) is 1.21. The number of aryl methyl sites for hydroxylation is 1. The molecule has 0 radical (unpaired) electrons. The molecule has 0 saturated carbocycles. The van der Waals surface area contributed by atoms with Crippen molar-refractivity contribution in [3.63, 3.8) is 0 Å². The Morgan fingerprint density at radius 3 is 2.81 bits per heavy atom. The summed E-state index contributed by atoms with van der Waals surface area (Å²) in [5, 5.41) is 2.15. The van der Waals surface area contributed by atoms with Crippen molar-refractivity contribution in [3.8, 4) is 0 Å². The SMILES string of the molecule is Cn1ccnc1CNC(=O)OCC(F)(F)F. The predicted molar refractivity (Wildman–Crippen MR) is 47.5 cm³/mol. The summed E-state index contributed by atoms with van der Waals surface area (Å²) in [6.45, 7) is -1.58. The largest absolute Gasteiger partial charge is 0.440 e. The molecule has 0 aliphatic carbocycles. The first kappa shape index (κ1) is 12.3. The standard InChI is InChI=1S/C8H10F3N3O2/c1-14-3-2-12-6(14)4-13-7(15)16-5-8(9,10)11/h2-3H,4-5H2,1H3,(H,13,15). The van der Waals surface area contributed by atoms with E-state index in [-0.39, 0.29) is 6.54 Å². The number of ether oxygens (including phenoxy) is 1. The Morgan fingerprint density at radius 1 is 1.62 bits per heavy atom. The minimum absolute atomic E-state index is 0.0141. The van der Waals surface area contributed by atoms with Crippen molar-refractivity contribution in [2.24, 2.45) is 7.05 Å². The van der Waals surface area contributed by atoms with Crippen LogP contribution in [0.2, 0.25) is 0 Å². The Morgan fingerprint density at radius 2 is 2.31 bits per heavy atom. The van der Waals surface area contributed by atoms with E-state index in [1.165, 1.54) is 6.20 Å². The normalized spacial score (nSPS) is 11.2. The van der Waals surface area contributed by atoms with Gasteiger partial charge in [-0.25, -0.2) is 9.78 Å². The zero-order valence-corrected chi connectivity index (χ0v) is 8.41. The first-order chi connectivity index (χ1) is 7.38. The molecular weight excluding hydrogens is 227 g/mol. The van der Waals surface area contributed by atoms with Crippen molar-refractivity contribution in [2.75, 3.05) is 6.61 Å². The summed E-state index contributed by atoms with van der Waals surface area (Å²) in [5.41, 5.74) is 0. The Kier molecular flexibility index (Phi) is 3.75. The van der Waals surface area contributed by atoms with E-state index in [0.717, 1.165) is 0 Å². The van der Waals surface area contributed by atoms with Crippen LogP contribution in [0.3, 0.4) is 0 Å². The van der Waals surface area contributed by atoms with E-state index in [4.69, 9.17) is 0 Å². The van der Waals surface area contributed by atoms with Crippen LogP contribution in [0.15, 0.2) is 12.4 Å². The summed E-state index contributed by atoms with van der Waals surface area (Å²) in [6.07, 6.45) is -2.48. The summed E-state index contributed by atoms with van der Waals surface area (Å²) >= 11 is 0. The van der Waals surface area contributed by atoms with Crippen LogP contribution in [0.5, 0.6) is 0 Å². The fourth-order valence-corrected chi connectivity index (χ4v) is 0.916. The quantitative estimate of drug-likeness (QED) is 0.859. The van der Waals surface area contributed by atoms with Crippen LogP contribution in [-0.2, 0) is 18.3 Å². The number of amides is 1. The van der Waals surface area contributed by atoms with Crippen molar-refractivity contribution in [1.82, 2.24) is 14.9 Å². The maximum Gasteiger partial charge on any atom is 0.422 e. The molecule has 0 atom stereocenters. The van der Waals surface area contributed by atoms with Gasteiger partial charge in [0, 0.05) is 19.4 Å². The molecule has 0 aliphatic rings. The van der Waals surface area contributed by atoms with Gasteiger partial charge in [-0.15, -0.1) is 0 Å². The van der Waals surface area contributed by atoms with E-state index in [1.807, 2.05) is 0 Å². The molecule has 0 unspecified atom stereocenters. The lowest BCUT2D eigenvalue weighted by Gasteiger charge is -2.08. The highest BCUT2D eigenvalue weighted by atomic mass is 19.4. The van der Waals surface area contributed by atoms with E-state index in [0.29, 0.717) is 5.82 Å². The molecule has 0 saturated heterocycles. The van der Waals surface area contributed by atoms with Gasteiger partial charge in [0.2, 0.25) is 0 Å². The second kappa shape index (κ2) is 4.86. The monoisotopic (exact) mass is 237 g/mol. The van der Waals surface area contributed by atoms with Crippen LogP contribution < -0.4 is 5.32 Å². The van der Waals surface area contributed by atoms with E-state index < -0.39 is 18.9 Å². The summed E-state index contributed by atoms with van der Waals surface area (Å²) < 4.78 is 40.6. The first-order valence-corrected chi connectivity index (χ1v) is 4.32. The number of nitrogens with zero attached hydrogens (tertiary/aromatic N) is 2. The van der Waals surface area contributed by atoms with Crippen LogP contribution in [0.4, 0.5) is 18.0 Å². The van der Waals surface area contributed by atoms with Gasteiger partial charge in [-0.1, -0.05) is 0 Å². The number of imidazole rings is 1. The molecule has 0 aromatic carbocycles. The third kappa shape index (κ3) is 4.20. The highest BCUT2D eigenvalue weighted by molar-refractivity contribution is 5.67. The maximum absolute atomic E-state index is 11.7. The van der Waals surface area contributed by atoms with Crippen molar-refractivity contribution < 1.29 is 22.7 Å². The number of aromatic nitrogens is 2. The highest BCUT2D eigenvalue weighted by Gasteiger charge is 2.29. The fraction of sp³-hybridized carbons (Fsp3) is 0.500. The van der Waals surface area contributed by atoms with E-state index in [9.17, 15) is 18.0 Å². The molecule has 1 heterocycles. The van der Waals surface area contributed by atoms with E-state index >= 15 is 0 Å². The van der Waals surface area contributed by atoms with Gasteiger partial charge in [0.25, 0.3) is 0 Å². The Balaban J connectivity index is 2.29. The third-order valence-electron chi connectivity index (χ3n) is 1.68. The average Bonchev–Trinajstić information content (AvgIpc) is 2.57. The molecule has 1 rings (SSSR count). The Hall–Kier alpha value is -1.73. The second-order valence-electron chi connectivity index (χ2n) is 3.00. The first-order valence-electron chi connectivity index (χ1n) is 4.32. The second-order valence-corrected chi connectivity index (χ2v) is 3.00. The molecule has 0 bridgehead atoms. The number of carbonyl (C=O) groups excluding carboxylic acids is 1. The molecular formula is C8H10F3N3O2. The van der Waals surface area contributed by atoms with Crippen molar-refractivity contribution in [2.45, 2.75) is 12.7 Å². The number of hydrogen-bond acceptors (Lipinski definition) is 3. The minimum atomic E-state index is -4.51. The average molecular weight is 237 g/mol. The lowest BCUT2D eigenvalue weighted by molar-refractivity contribution is -0.160. The van der Waals surface area contributed by atoms with Gasteiger partial charge in [0.15, 0.2) is 6.61 Å². The third-order valence-corrected chi connectivity index (χ3v) is 1.68. The van der Waals surface area contributed by atoms with Crippen molar-refractivity contribution in [1.29, 1.82) is 0 Å². The summed E-state index contributed by atoms with van der Waals surface area (Å²) in [6, 6.07) is 0. The molecule has 1 aromatic heterocycles. The molecule has 1 N–H and O–H groups in total. The number of nitrogens with one attached hydrogen (secondary N) is 1. The molecule has 0 aliphatic heterocycles. The molecule has 16 heavy (non-hydrogen) atoms. The highest BCUT2D eigenvalue weighted by Crippen LogP contribution is 2.14. The van der Waals surface area contributed by atoms with Crippen molar-refractivity contribution >= 4 is 6.09 Å². The van der Waals surface area contributed by atoms with Gasteiger partial charge in [0.05, 0.1) is 6.54 Å². The number of alkyl carbamates (subject to hydrolysis) is 1. The Bertz CT molecular complexity index is 362. The molecule has 0 spiro atoms. The van der Waals surface area contributed by atoms with Crippen LogP contribution >= 0.6 is 0 Å². The lowest BCUT2D eigenvalue weighted by atomic mass is 10.6. The molecule has 5 nitrogen and oxygen atoms in total. The molecule has 1 amide bonds. The van der Waals surface area contributed by atoms with Crippen LogP contribution in [-0.4, -0.2) is 28.4 Å². The summed E-state index contributed by atoms with van der Waals surface area (Å²) in [7, 11) is 1.70. The molecule has 90 valence electrons. The molecule has 1 aromatic rings. The topological polar surface area (TPSA) is 56.2 Å². The number of rotatable bonds is 3. The van der Waals surface area contributed by atoms with Gasteiger partial charge in [-0.2, -0.15) is 13.2 Å². The van der Waals surface area contributed by atoms with Crippen LogP contribution in [0.1, 0.15) is 5.82 Å². The fourth-order valence-electron chi connectivity index (χ4n) is 0.916.